The molecule has 0 spiro atoms. The number of ether oxygens (including phenoxy) is 1. The number of rotatable bonds is 3. The first-order valence-corrected chi connectivity index (χ1v) is 6.44. The number of pyridine rings is 1. The summed E-state index contributed by atoms with van der Waals surface area (Å²) in [6, 6.07) is 9.23. The van der Waals surface area contributed by atoms with Crippen molar-refractivity contribution in [2.75, 3.05) is 0 Å². The average Bonchev–Trinajstić information content (AvgIpc) is 2.32. The first kappa shape index (κ1) is 13.1. The third kappa shape index (κ3) is 2.89. The molecule has 3 nitrogen and oxygen atoms in total. The Kier molecular flexibility index (Phi) is 3.99. The van der Waals surface area contributed by atoms with Crippen molar-refractivity contribution in [3.8, 4) is 11.5 Å². The van der Waals surface area contributed by atoms with E-state index in [1.807, 2.05) is 37.3 Å². The van der Waals surface area contributed by atoms with Gasteiger partial charge < -0.3 is 9.84 Å². The van der Waals surface area contributed by atoms with Crippen LogP contribution in [0.1, 0.15) is 24.3 Å². The predicted molar refractivity (Wildman–Crippen MR) is 73.8 cm³/mol. The van der Waals surface area contributed by atoms with E-state index in [0.717, 1.165) is 21.5 Å². The van der Waals surface area contributed by atoms with Gasteiger partial charge in [0.25, 0.3) is 0 Å². The van der Waals surface area contributed by atoms with Gasteiger partial charge in [0, 0.05) is 10.7 Å². The molecular formula is C14H14BrNO2. The maximum Gasteiger partial charge on any atom is 0.148 e. The molecule has 2 rings (SSSR count). The summed E-state index contributed by atoms with van der Waals surface area (Å²) in [6.07, 6.45) is 1.22. The molecule has 0 amide bonds. The molecule has 2 aromatic rings. The Morgan fingerprint density at radius 2 is 2.11 bits per heavy atom. The number of aliphatic hydroxyl groups is 1. The number of hydrogen-bond acceptors (Lipinski definition) is 3. The second kappa shape index (κ2) is 5.50. The second-order valence-corrected chi connectivity index (χ2v) is 4.90. The molecule has 0 radical (unpaired) electrons. The largest absolute Gasteiger partial charge is 0.455 e. The van der Waals surface area contributed by atoms with Crippen molar-refractivity contribution in [1.82, 2.24) is 4.98 Å². The van der Waals surface area contributed by atoms with E-state index in [1.165, 1.54) is 0 Å². The van der Waals surface area contributed by atoms with Crippen LogP contribution < -0.4 is 4.74 Å². The lowest BCUT2D eigenvalue weighted by Crippen LogP contribution is -1.94. The second-order valence-electron chi connectivity index (χ2n) is 4.05. The summed E-state index contributed by atoms with van der Waals surface area (Å²) >= 11 is 3.42. The number of hydrogen-bond donors (Lipinski definition) is 1. The Hall–Kier alpha value is -1.39. The number of aromatic nitrogens is 1. The van der Waals surface area contributed by atoms with Gasteiger partial charge in [0.05, 0.1) is 11.8 Å². The fourth-order valence-corrected chi connectivity index (χ4v) is 2.30. The molecule has 94 valence electrons. The highest BCUT2D eigenvalue weighted by atomic mass is 79.9. The zero-order valence-electron chi connectivity index (χ0n) is 10.2. The SMILES string of the molecule is Cc1ncccc1Oc1ccc([C@H](C)O)c(Br)c1. The molecule has 0 aliphatic heterocycles. The zero-order chi connectivity index (χ0) is 13.1. The van der Waals surface area contributed by atoms with Crippen LogP contribution in [0.4, 0.5) is 0 Å². The maximum absolute atomic E-state index is 9.55. The minimum atomic E-state index is -0.506. The quantitative estimate of drug-likeness (QED) is 0.932. The molecule has 0 aliphatic carbocycles. The van der Waals surface area contributed by atoms with E-state index in [4.69, 9.17) is 4.74 Å². The van der Waals surface area contributed by atoms with Crippen LogP contribution in [0, 0.1) is 6.92 Å². The smallest absolute Gasteiger partial charge is 0.148 e. The number of aryl methyl sites for hydroxylation is 1. The summed E-state index contributed by atoms with van der Waals surface area (Å²) < 4.78 is 6.58. The van der Waals surface area contributed by atoms with Crippen LogP contribution >= 0.6 is 15.9 Å². The van der Waals surface area contributed by atoms with Gasteiger partial charge in [-0.15, -0.1) is 0 Å². The Balaban J connectivity index is 2.26. The topological polar surface area (TPSA) is 42.4 Å². The Labute approximate surface area is 115 Å². The number of nitrogens with zero attached hydrogens (tertiary/aromatic N) is 1. The molecule has 4 heteroatoms. The maximum atomic E-state index is 9.55. The van der Waals surface area contributed by atoms with Gasteiger partial charge in [-0.3, -0.25) is 4.98 Å². The van der Waals surface area contributed by atoms with E-state index >= 15 is 0 Å². The van der Waals surface area contributed by atoms with Gasteiger partial charge in [-0.05, 0) is 43.7 Å². The molecule has 0 fully saturated rings. The summed E-state index contributed by atoms with van der Waals surface area (Å²) in [5.74, 6) is 1.44. The monoisotopic (exact) mass is 307 g/mol. The fourth-order valence-electron chi connectivity index (χ4n) is 1.61. The minimum Gasteiger partial charge on any atom is -0.455 e. The van der Waals surface area contributed by atoms with Crippen molar-refractivity contribution in [2.24, 2.45) is 0 Å². The molecule has 0 unspecified atom stereocenters. The summed E-state index contributed by atoms with van der Waals surface area (Å²) in [4.78, 5) is 4.17. The summed E-state index contributed by atoms with van der Waals surface area (Å²) in [6.45, 7) is 3.63. The van der Waals surface area contributed by atoms with E-state index in [-0.39, 0.29) is 0 Å². The minimum absolute atomic E-state index is 0.506. The molecule has 0 saturated carbocycles. The van der Waals surface area contributed by atoms with Crippen molar-refractivity contribution in [1.29, 1.82) is 0 Å². The van der Waals surface area contributed by atoms with Gasteiger partial charge in [-0.2, -0.15) is 0 Å². The first-order chi connectivity index (χ1) is 8.58. The molecule has 1 heterocycles. The van der Waals surface area contributed by atoms with Gasteiger partial charge in [0.2, 0.25) is 0 Å². The highest BCUT2D eigenvalue weighted by Gasteiger charge is 2.08. The lowest BCUT2D eigenvalue weighted by atomic mass is 10.1. The highest BCUT2D eigenvalue weighted by Crippen LogP contribution is 2.30. The van der Waals surface area contributed by atoms with Crippen LogP contribution in [-0.4, -0.2) is 10.1 Å². The standard InChI is InChI=1S/C14H14BrNO2/c1-9-14(4-3-7-16-9)18-11-5-6-12(10(2)17)13(15)8-11/h3-8,10,17H,1-2H3/t10-/m0/s1. The van der Waals surface area contributed by atoms with E-state index in [2.05, 4.69) is 20.9 Å². The van der Waals surface area contributed by atoms with Gasteiger partial charge in [0.15, 0.2) is 0 Å². The van der Waals surface area contributed by atoms with E-state index in [9.17, 15) is 5.11 Å². The van der Waals surface area contributed by atoms with Gasteiger partial charge >= 0.3 is 0 Å². The van der Waals surface area contributed by atoms with E-state index in [1.54, 1.807) is 13.1 Å². The number of benzene rings is 1. The van der Waals surface area contributed by atoms with Crippen LogP contribution in [0.25, 0.3) is 0 Å². The fraction of sp³-hybridized carbons (Fsp3) is 0.214. The van der Waals surface area contributed by atoms with Crippen LogP contribution in [0.5, 0.6) is 11.5 Å². The van der Waals surface area contributed by atoms with Crippen LogP contribution in [0.2, 0.25) is 0 Å². The molecule has 1 N–H and O–H groups in total. The summed E-state index contributed by atoms with van der Waals surface area (Å²) in [5, 5.41) is 9.55. The summed E-state index contributed by atoms with van der Waals surface area (Å²) in [5.41, 5.74) is 1.68. The normalized spacial score (nSPS) is 12.2. The van der Waals surface area contributed by atoms with Gasteiger partial charge in [0.1, 0.15) is 11.5 Å². The van der Waals surface area contributed by atoms with Gasteiger partial charge in [-0.1, -0.05) is 22.0 Å². The molecule has 18 heavy (non-hydrogen) atoms. The van der Waals surface area contributed by atoms with Gasteiger partial charge in [-0.25, -0.2) is 0 Å². The summed E-state index contributed by atoms with van der Waals surface area (Å²) in [7, 11) is 0. The predicted octanol–water partition coefficient (Wildman–Crippen LogP) is 4.00. The zero-order valence-corrected chi connectivity index (χ0v) is 11.8. The molecule has 1 aromatic heterocycles. The number of aliphatic hydroxyl groups excluding tert-OH is 1. The first-order valence-electron chi connectivity index (χ1n) is 5.65. The Morgan fingerprint density at radius 1 is 1.33 bits per heavy atom. The molecular weight excluding hydrogens is 294 g/mol. The van der Waals surface area contributed by atoms with E-state index in [0.29, 0.717) is 5.75 Å². The third-order valence-corrected chi connectivity index (χ3v) is 3.30. The third-order valence-electron chi connectivity index (χ3n) is 2.61. The Morgan fingerprint density at radius 3 is 2.72 bits per heavy atom. The van der Waals surface area contributed by atoms with Crippen molar-refractivity contribution < 1.29 is 9.84 Å². The van der Waals surface area contributed by atoms with Crippen molar-refractivity contribution in [3.63, 3.8) is 0 Å². The molecule has 0 saturated heterocycles. The Bertz CT molecular complexity index is 555. The number of halogens is 1. The van der Waals surface area contributed by atoms with Crippen LogP contribution in [-0.2, 0) is 0 Å². The van der Waals surface area contributed by atoms with Crippen molar-refractivity contribution >= 4 is 15.9 Å². The lowest BCUT2D eigenvalue weighted by Gasteiger charge is -2.11. The molecule has 0 bridgehead atoms. The van der Waals surface area contributed by atoms with Crippen LogP contribution in [0.15, 0.2) is 41.0 Å². The molecule has 1 aromatic carbocycles. The molecule has 0 aliphatic rings. The van der Waals surface area contributed by atoms with Crippen molar-refractivity contribution in [2.45, 2.75) is 20.0 Å². The highest BCUT2D eigenvalue weighted by molar-refractivity contribution is 9.10. The van der Waals surface area contributed by atoms with Crippen LogP contribution in [0.3, 0.4) is 0 Å². The van der Waals surface area contributed by atoms with E-state index < -0.39 is 6.10 Å². The van der Waals surface area contributed by atoms with Crippen molar-refractivity contribution in [3.05, 3.63) is 52.3 Å². The lowest BCUT2D eigenvalue weighted by molar-refractivity contribution is 0.198. The molecule has 1 atom stereocenters. The average molecular weight is 308 g/mol.